The summed E-state index contributed by atoms with van der Waals surface area (Å²) in [6.45, 7) is 17.0. The maximum atomic E-state index is 14.9. The van der Waals surface area contributed by atoms with Crippen LogP contribution in [0.1, 0.15) is 74.1 Å². The molecule has 3 fully saturated rings. The van der Waals surface area contributed by atoms with Crippen molar-refractivity contribution in [2.45, 2.75) is 103 Å². The molecule has 9 atom stereocenters. The summed E-state index contributed by atoms with van der Waals surface area (Å²) in [6.07, 6.45) is 1.68. The minimum absolute atomic E-state index is 0.111. The summed E-state index contributed by atoms with van der Waals surface area (Å²) in [5, 5.41) is 22.9. The molecule has 1 heterocycles. The molecule has 5 rings (SSSR count). The largest absolute Gasteiger partial charge is 0.454 e. The number of aliphatic hydroxyl groups is 2. The molecule has 8 nitrogen and oxygen atoms in total. The number of hydrogen-bond acceptors (Lipinski definition) is 8. The van der Waals surface area contributed by atoms with Gasteiger partial charge in [0.1, 0.15) is 11.9 Å². The molecule has 0 bridgehead atoms. The van der Waals surface area contributed by atoms with Crippen LogP contribution in [0.4, 0.5) is 0 Å². The van der Waals surface area contributed by atoms with Gasteiger partial charge in [0.15, 0.2) is 11.9 Å². The average Bonchev–Trinajstić information content (AvgIpc) is 3.19. The summed E-state index contributed by atoms with van der Waals surface area (Å²) in [4.78, 5) is 27.7. The third kappa shape index (κ3) is 4.24. The molecular weight excluding hydrogens is 536 g/mol. The van der Waals surface area contributed by atoms with Crippen molar-refractivity contribution in [1.82, 2.24) is 0 Å². The summed E-state index contributed by atoms with van der Waals surface area (Å²) in [7, 11) is 0. The smallest absolute Gasteiger partial charge is 0.315 e. The van der Waals surface area contributed by atoms with Crippen LogP contribution < -0.4 is 4.74 Å². The Balaban J connectivity index is 1.84. The molecule has 1 aromatic carbocycles. The Hall–Kier alpha value is -2.52. The third-order valence-electron chi connectivity index (χ3n) is 11.5. The molecule has 0 amide bonds. The molecule has 8 heteroatoms. The van der Waals surface area contributed by atoms with Gasteiger partial charge in [-0.1, -0.05) is 49.8 Å². The van der Waals surface area contributed by atoms with Crippen molar-refractivity contribution in [3.63, 3.8) is 0 Å². The molecule has 4 aliphatic rings. The Bertz CT molecular complexity index is 1280. The number of esters is 2. The van der Waals surface area contributed by atoms with Gasteiger partial charge in [0.2, 0.25) is 0 Å². The maximum Gasteiger partial charge on any atom is 0.315 e. The maximum absolute atomic E-state index is 14.9. The molecule has 3 aliphatic carbocycles. The zero-order valence-electron chi connectivity index (χ0n) is 25.9. The first-order valence-electron chi connectivity index (χ1n) is 15.1. The number of carbonyl (C=O) groups excluding carboxylic acids is 2. The zero-order valence-corrected chi connectivity index (χ0v) is 25.9. The van der Waals surface area contributed by atoms with Crippen LogP contribution in [-0.4, -0.2) is 58.0 Å². The van der Waals surface area contributed by atoms with Crippen LogP contribution in [0.2, 0.25) is 0 Å². The fourth-order valence-electron chi connectivity index (χ4n) is 9.30. The van der Waals surface area contributed by atoms with Crippen molar-refractivity contribution in [2.75, 3.05) is 6.61 Å². The molecule has 0 aromatic heterocycles. The number of carbonyl (C=O) groups is 2. The minimum atomic E-state index is -1.34. The van der Waals surface area contributed by atoms with Gasteiger partial charge in [0.25, 0.3) is 0 Å². The van der Waals surface area contributed by atoms with E-state index in [0.717, 1.165) is 17.6 Å². The fraction of sp³-hybridized carbons (Fsp3) is 0.647. The van der Waals surface area contributed by atoms with Crippen molar-refractivity contribution in [1.29, 1.82) is 0 Å². The van der Waals surface area contributed by atoms with Crippen LogP contribution in [0, 0.1) is 28.6 Å². The number of allylic oxidation sites excluding steroid dienone is 1. The van der Waals surface area contributed by atoms with E-state index in [4.69, 9.17) is 18.9 Å². The van der Waals surface area contributed by atoms with E-state index in [1.165, 1.54) is 13.0 Å². The van der Waals surface area contributed by atoms with Gasteiger partial charge in [-0.25, -0.2) is 0 Å². The van der Waals surface area contributed by atoms with Crippen LogP contribution in [0.25, 0.3) is 0 Å². The summed E-state index contributed by atoms with van der Waals surface area (Å²) in [5.41, 5.74) is -3.20. The SMILES string of the molecule is C=CC(O)OC1(C)C[C@H]2OC[C@@]2(OC(C)=O)C2[C@H](C(=O)Oc3ccccc3)[C@]3(C(C)(C)O)CCC(C)=C3C[C@@H](C)[C@@]21C. The highest BCUT2D eigenvalue weighted by Gasteiger charge is 2.79. The van der Waals surface area contributed by atoms with Gasteiger partial charge in [-0.3, -0.25) is 9.59 Å². The molecule has 230 valence electrons. The highest BCUT2D eigenvalue weighted by molar-refractivity contribution is 5.79. The standard InChI is InChI=1S/C34H46O8/c1-9-26(36)42-31(7)18-25-34(19-39-25,41-22(4)35)28-27(29(37)40-23-13-11-10-12-14-23)33(30(5,6)38)16-15-20(2)24(33)17-21(3)32(28,31)8/h9-14,21,25-28,36,38H,1,15-19H2,2-8H3/t21-,25-,26?,27-,28?,31?,32+,33+,34+/m1/s1. The lowest BCUT2D eigenvalue weighted by Crippen LogP contribution is -2.80. The Morgan fingerprint density at radius 1 is 1.21 bits per heavy atom. The molecule has 1 saturated heterocycles. The molecule has 2 N–H and O–H groups in total. The lowest BCUT2D eigenvalue weighted by atomic mass is 9.43. The molecule has 1 aromatic rings. The first kappa shape index (κ1) is 30.9. The molecule has 3 unspecified atom stereocenters. The van der Waals surface area contributed by atoms with E-state index in [2.05, 4.69) is 27.4 Å². The van der Waals surface area contributed by atoms with Crippen LogP contribution in [0.5, 0.6) is 5.75 Å². The molecular formula is C34H46O8. The van der Waals surface area contributed by atoms with E-state index in [0.29, 0.717) is 25.0 Å². The molecule has 1 aliphatic heterocycles. The van der Waals surface area contributed by atoms with Crippen LogP contribution >= 0.6 is 0 Å². The summed E-state index contributed by atoms with van der Waals surface area (Å²) >= 11 is 0. The van der Waals surface area contributed by atoms with E-state index >= 15 is 0 Å². The molecule has 2 saturated carbocycles. The second-order valence-electron chi connectivity index (χ2n) is 13.9. The van der Waals surface area contributed by atoms with Crippen molar-refractivity contribution < 1.29 is 38.7 Å². The Labute approximate surface area is 249 Å². The zero-order chi connectivity index (χ0) is 30.9. The van der Waals surface area contributed by atoms with Gasteiger partial charge in [-0.2, -0.15) is 0 Å². The van der Waals surface area contributed by atoms with Gasteiger partial charge in [-0.15, -0.1) is 0 Å². The second kappa shape index (κ2) is 10.3. The summed E-state index contributed by atoms with van der Waals surface area (Å²) in [5.74, 6) is -2.31. The van der Waals surface area contributed by atoms with E-state index in [1.807, 2.05) is 13.0 Å². The van der Waals surface area contributed by atoms with Crippen molar-refractivity contribution in [2.24, 2.45) is 28.6 Å². The first-order valence-corrected chi connectivity index (χ1v) is 15.1. The number of fused-ring (bicyclic) bond motifs is 4. The van der Waals surface area contributed by atoms with Gasteiger partial charge >= 0.3 is 11.9 Å². The van der Waals surface area contributed by atoms with Gasteiger partial charge in [-0.05, 0) is 71.1 Å². The Morgan fingerprint density at radius 3 is 2.43 bits per heavy atom. The topological polar surface area (TPSA) is 112 Å². The van der Waals surface area contributed by atoms with Crippen molar-refractivity contribution in [3.05, 3.63) is 54.1 Å². The Kier molecular flexibility index (Phi) is 7.58. The molecule has 42 heavy (non-hydrogen) atoms. The van der Waals surface area contributed by atoms with Gasteiger partial charge in [0, 0.05) is 30.1 Å². The first-order chi connectivity index (χ1) is 19.6. The molecule has 0 radical (unpaired) electrons. The second-order valence-corrected chi connectivity index (χ2v) is 13.9. The summed E-state index contributed by atoms with van der Waals surface area (Å²) in [6, 6.07) is 8.92. The lowest BCUT2D eigenvalue weighted by molar-refractivity contribution is -0.371. The lowest BCUT2D eigenvalue weighted by Gasteiger charge is -2.69. The minimum Gasteiger partial charge on any atom is -0.454 e. The number of aliphatic hydroxyl groups excluding tert-OH is 1. The number of rotatable bonds is 7. The van der Waals surface area contributed by atoms with E-state index in [9.17, 15) is 19.8 Å². The van der Waals surface area contributed by atoms with Crippen molar-refractivity contribution in [3.8, 4) is 5.75 Å². The summed E-state index contributed by atoms with van der Waals surface area (Å²) < 4.78 is 25.0. The Morgan fingerprint density at radius 2 is 1.88 bits per heavy atom. The highest BCUT2D eigenvalue weighted by Crippen LogP contribution is 2.73. The van der Waals surface area contributed by atoms with Crippen LogP contribution in [-0.2, 0) is 23.8 Å². The number of ether oxygens (including phenoxy) is 4. The van der Waals surface area contributed by atoms with Gasteiger partial charge in [0.05, 0.1) is 23.7 Å². The van der Waals surface area contributed by atoms with E-state index < -0.39 is 63.8 Å². The van der Waals surface area contributed by atoms with Crippen molar-refractivity contribution >= 4 is 11.9 Å². The predicted molar refractivity (Wildman–Crippen MR) is 156 cm³/mol. The highest BCUT2D eigenvalue weighted by atomic mass is 16.6. The number of hydrogen-bond donors (Lipinski definition) is 2. The number of benzene rings is 1. The fourth-order valence-corrected chi connectivity index (χ4v) is 9.30. The predicted octanol–water partition coefficient (Wildman–Crippen LogP) is 5.12. The quantitative estimate of drug-likeness (QED) is 0.197. The van der Waals surface area contributed by atoms with E-state index in [1.54, 1.807) is 38.1 Å². The normalized spacial score (nSPS) is 40.0. The van der Waals surface area contributed by atoms with Crippen LogP contribution in [0.3, 0.4) is 0 Å². The third-order valence-corrected chi connectivity index (χ3v) is 11.5. The average molecular weight is 583 g/mol. The number of para-hydroxylation sites is 1. The monoisotopic (exact) mass is 582 g/mol. The van der Waals surface area contributed by atoms with Crippen LogP contribution in [0.15, 0.2) is 54.1 Å². The van der Waals surface area contributed by atoms with Gasteiger partial charge < -0.3 is 29.2 Å². The molecule has 0 spiro atoms. The van der Waals surface area contributed by atoms with E-state index in [-0.39, 0.29) is 12.5 Å².